The number of ether oxygens (including phenoxy) is 2. The number of benzene rings is 1. The number of aliphatic hydroxyl groups excluding tert-OH is 1. The Morgan fingerprint density at radius 1 is 1.44 bits per heavy atom. The third-order valence-electron chi connectivity index (χ3n) is 4.12. The minimum absolute atomic E-state index is 0.282. The van der Waals surface area contributed by atoms with Crippen LogP contribution in [0.1, 0.15) is 31.4 Å². The average molecular weight is 269 g/mol. The molecule has 2 aliphatic rings. The van der Waals surface area contributed by atoms with Gasteiger partial charge in [0.25, 0.3) is 0 Å². The summed E-state index contributed by atoms with van der Waals surface area (Å²) in [7, 11) is 0. The predicted octanol–water partition coefficient (Wildman–Crippen LogP) is 2.95. The van der Waals surface area contributed by atoms with Gasteiger partial charge in [0, 0.05) is 29.3 Å². The van der Waals surface area contributed by atoms with Crippen molar-refractivity contribution in [3.05, 3.63) is 28.8 Å². The summed E-state index contributed by atoms with van der Waals surface area (Å²) in [5.41, 5.74) is 0.505. The summed E-state index contributed by atoms with van der Waals surface area (Å²) in [6, 6.07) is 5.44. The van der Waals surface area contributed by atoms with Gasteiger partial charge in [0.15, 0.2) is 0 Å². The van der Waals surface area contributed by atoms with Crippen LogP contribution in [0, 0.1) is 5.92 Å². The Kier molecular flexibility index (Phi) is 3.00. The quantitative estimate of drug-likeness (QED) is 0.786. The molecule has 3 unspecified atom stereocenters. The smallest absolute Gasteiger partial charge is 0.126 e. The zero-order valence-corrected chi connectivity index (χ0v) is 11.1. The summed E-state index contributed by atoms with van der Waals surface area (Å²) in [4.78, 5) is 0. The Morgan fingerprint density at radius 3 is 3.06 bits per heavy atom. The van der Waals surface area contributed by atoms with Crippen molar-refractivity contribution in [3.63, 3.8) is 0 Å². The normalized spacial score (nSPS) is 35.1. The first kappa shape index (κ1) is 12.3. The second-order valence-electron chi connectivity index (χ2n) is 5.29. The molecule has 2 aliphatic heterocycles. The van der Waals surface area contributed by atoms with Gasteiger partial charge in [-0.3, -0.25) is 0 Å². The standard InChI is InChI=1S/C14H17ClO3/c1-9-8-17-5-4-14(9)7-12(16)11-6-10(15)2-3-13(11)18-14/h2-3,6,9,12,16H,4-5,7-8H2,1H3. The molecule has 1 aromatic carbocycles. The molecule has 1 aromatic rings. The van der Waals surface area contributed by atoms with Crippen LogP contribution in [0.5, 0.6) is 5.75 Å². The second kappa shape index (κ2) is 4.41. The maximum absolute atomic E-state index is 10.3. The van der Waals surface area contributed by atoms with Crippen molar-refractivity contribution in [2.75, 3.05) is 13.2 Å². The fourth-order valence-corrected chi connectivity index (χ4v) is 3.11. The molecular weight excluding hydrogens is 252 g/mol. The van der Waals surface area contributed by atoms with E-state index in [0.717, 1.165) is 17.7 Å². The topological polar surface area (TPSA) is 38.7 Å². The molecule has 0 saturated carbocycles. The van der Waals surface area contributed by atoms with Gasteiger partial charge in [-0.2, -0.15) is 0 Å². The van der Waals surface area contributed by atoms with E-state index >= 15 is 0 Å². The van der Waals surface area contributed by atoms with E-state index in [9.17, 15) is 5.11 Å². The van der Waals surface area contributed by atoms with E-state index in [2.05, 4.69) is 6.92 Å². The van der Waals surface area contributed by atoms with Gasteiger partial charge in [-0.1, -0.05) is 18.5 Å². The van der Waals surface area contributed by atoms with Crippen molar-refractivity contribution in [3.8, 4) is 5.75 Å². The minimum atomic E-state index is -0.506. The molecule has 3 atom stereocenters. The summed E-state index contributed by atoms with van der Waals surface area (Å²) in [5, 5.41) is 11.0. The molecule has 0 aromatic heterocycles. The van der Waals surface area contributed by atoms with E-state index in [0.29, 0.717) is 24.7 Å². The van der Waals surface area contributed by atoms with Crippen LogP contribution in [-0.2, 0) is 4.74 Å². The Bertz CT molecular complexity index is 462. The molecule has 1 N–H and O–H groups in total. The van der Waals surface area contributed by atoms with Crippen molar-refractivity contribution in [2.45, 2.75) is 31.5 Å². The van der Waals surface area contributed by atoms with Gasteiger partial charge in [0.2, 0.25) is 0 Å². The Hall–Kier alpha value is -0.770. The summed E-state index contributed by atoms with van der Waals surface area (Å²) >= 11 is 5.96. The van der Waals surface area contributed by atoms with Crippen LogP contribution in [0.25, 0.3) is 0 Å². The highest BCUT2D eigenvalue weighted by molar-refractivity contribution is 6.30. The van der Waals surface area contributed by atoms with Crippen molar-refractivity contribution < 1.29 is 14.6 Å². The molecule has 1 fully saturated rings. The molecule has 1 saturated heterocycles. The van der Waals surface area contributed by atoms with Gasteiger partial charge in [-0.15, -0.1) is 0 Å². The fourth-order valence-electron chi connectivity index (χ4n) is 2.93. The van der Waals surface area contributed by atoms with E-state index in [4.69, 9.17) is 21.1 Å². The van der Waals surface area contributed by atoms with Crippen LogP contribution >= 0.6 is 11.6 Å². The number of rotatable bonds is 0. The lowest BCUT2D eigenvalue weighted by molar-refractivity contribution is -0.121. The molecular formula is C14H17ClO3. The highest BCUT2D eigenvalue weighted by Crippen LogP contribution is 2.46. The molecule has 18 heavy (non-hydrogen) atoms. The van der Waals surface area contributed by atoms with Crippen LogP contribution in [0.4, 0.5) is 0 Å². The lowest BCUT2D eigenvalue weighted by atomic mass is 9.77. The number of hydrogen-bond donors (Lipinski definition) is 1. The first-order chi connectivity index (χ1) is 8.61. The molecule has 4 heteroatoms. The van der Waals surface area contributed by atoms with Gasteiger partial charge in [-0.25, -0.2) is 0 Å². The molecule has 0 amide bonds. The molecule has 3 rings (SSSR count). The Balaban J connectivity index is 1.98. The Labute approximate surface area is 112 Å². The lowest BCUT2D eigenvalue weighted by Gasteiger charge is -2.46. The first-order valence-electron chi connectivity index (χ1n) is 6.35. The Morgan fingerprint density at radius 2 is 2.28 bits per heavy atom. The van der Waals surface area contributed by atoms with E-state index in [-0.39, 0.29) is 11.5 Å². The van der Waals surface area contributed by atoms with Crippen LogP contribution in [0.15, 0.2) is 18.2 Å². The van der Waals surface area contributed by atoms with Crippen LogP contribution in [0.3, 0.4) is 0 Å². The van der Waals surface area contributed by atoms with E-state index < -0.39 is 6.10 Å². The maximum Gasteiger partial charge on any atom is 0.126 e. The molecule has 2 heterocycles. The summed E-state index contributed by atoms with van der Waals surface area (Å²) < 4.78 is 11.7. The molecule has 0 bridgehead atoms. The van der Waals surface area contributed by atoms with Crippen LogP contribution in [0.2, 0.25) is 5.02 Å². The van der Waals surface area contributed by atoms with Crippen molar-refractivity contribution in [1.29, 1.82) is 0 Å². The van der Waals surface area contributed by atoms with Gasteiger partial charge in [-0.05, 0) is 18.2 Å². The SMILES string of the molecule is CC1COCCC12CC(O)c1cc(Cl)ccc1O2. The van der Waals surface area contributed by atoms with Gasteiger partial charge in [0.1, 0.15) is 11.4 Å². The first-order valence-corrected chi connectivity index (χ1v) is 6.73. The molecule has 0 radical (unpaired) electrons. The van der Waals surface area contributed by atoms with Crippen LogP contribution in [-0.4, -0.2) is 23.9 Å². The summed E-state index contributed by atoms with van der Waals surface area (Å²) in [5.74, 6) is 1.04. The minimum Gasteiger partial charge on any atom is -0.486 e. The van der Waals surface area contributed by atoms with Gasteiger partial charge < -0.3 is 14.6 Å². The lowest BCUT2D eigenvalue weighted by Crippen LogP contribution is -2.51. The molecule has 1 spiro atoms. The number of fused-ring (bicyclic) bond motifs is 1. The zero-order valence-electron chi connectivity index (χ0n) is 10.4. The van der Waals surface area contributed by atoms with Crippen molar-refractivity contribution in [1.82, 2.24) is 0 Å². The highest BCUT2D eigenvalue weighted by atomic mass is 35.5. The number of halogens is 1. The van der Waals surface area contributed by atoms with Gasteiger partial charge in [0.05, 0.1) is 19.3 Å². The third-order valence-corrected chi connectivity index (χ3v) is 4.35. The summed E-state index contributed by atoms with van der Waals surface area (Å²) in [6.45, 7) is 3.50. The second-order valence-corrected chi connectivity index (χ2v) is 5.73. The monoisotopic (exact) mass is 268 g/mol. The summed E-state index contributed by atoms with van der Waals surface area (Å²) in [6.07, 6.45) is 0.936. The van der Waals surface area contributed by atoms with Crippen LogP contribution < -0.4 is 4.74 Å². The predicted molar refractivity (Wildman–Crippen MR) is 69.0 cm³/mol. The molecule has 3 nitrogen and oxygen atoms in total. The molecule has 98 valence electrons. The fraction of sp³-hybridized carbons (Fsp3) is 0.571. The van der Waals surface area contributed by atoms with Gasteiger partial charge >= 0.3 is 0 Å². The third kappa shape index (κ3) is 1.91. The highest BCUT2D eigenvalue weighted by Gasteiger charge is 2.46. The molecule has 0 aliphatic carbocycles. The van der Waals surface area contributed by atoms with E-state index in [1.54, 1.807) is 12.1 Å². The van der Waals surface area contributed by atoms with E-state index in [1.165, 1.54) is 0 Å². The maximum atomic E-state index is 10.3. The number of hydrogen-bond acceptors (Lipinski definition) is 3. The van der Waals surface area contributed by atoms with E-state index in [1.807, 2.05) is 6.07 Å². The average Bonchev–Trinajstić information content (AvgIpc) is 2.34. The van der Waals surface area contributed by atoms with Crippen molar-refractivity contribution >= 4 is 11.6 Å². The zero-order chi connectivity index (χ0) is 12.8. The number of aliphatic hydroxyl groups is 1. The largest absolute Gasteiger partial charge is 0.486 e. The van der Waals surface area contributed by atoms with Crippen molar-refractivity contribution in [2.24, 2.45) is 5.92 Å².